The fourth-order valence-corrected chi connectivity index (χ4v) is 1.84. The predicted molar refractivity (Wildman–Crippen MR) is 73.4 cm³/mol. The predicted octanol–water partition coefficient (Wildman–Crippen LogP) is 2.92. The Morgan fingerprint density at radius 1 is 1.47 bits per heavy atom. The second-order valence-corrected chi connectivity index (χ2v) is 4.77. The van der Waals surface area contributed by atoms with Crippen molar-refractivity contribution in [3.8, 4) is 5.75 Å². The zero-order chi connectivity index (χ0) is 14.0. The van der Waals surface area contributed by atoms with Crippen molar-refractivity contribution in [2.75, 3.05) is 5.73 Å². The highest BCUT2D eigenvalue weighted by atomic mass is 35.5. The molecule has 0 saturated heterocycles. The number of halogens is 1. The Hall–Kier alpha value is -2.01. The molecule has 19 heavy (non-hydrogen) atoms. The number of carbonyl (C=O) groups is 1. The Bertz CT molecular complexity index is 608. The molecule has 2 aromatic rings. The largest absolute Gasteiger partial charge is 0.422 e. The molecule has 0 spiro atoms. The third-order valence-electron chi connectivity index (χ3n) is 2.51. The number of hydrogen-bond acceptors (Lipinski definition) is 4. The molecule has 0 atom stereocenters. The molecule has 0 saturated carbocycles. The number of rotatable bonds is 3. The van der Waals surface area contributed by atoms with Gasteiger partial charge >= 0.3 is 5.97 Å². The van der Waals surface area contributed by atoms with Gasteiger partial charge in [-0.2, -0.15) is 5.10 Å². The van der Waals surface area contributed by atoms with E-state index in [-0.39, 0.29) is 11.7 Å². The molecule has 1 aromatic heterocycles. The minimum atomic E-state index is -0.550. The van der Waals surface area contributed by atoms with Crippen molar-refractivity contribution in [3.63, 3.8) is 0 Å². The minimum Gasteiger partial charge on any atom is -0.422 e. The Kier molecular flexibility index (Phi) is 3.76. The molecule has 100 valence electrons. The zero-order valence-corrected chi connectivity index (χ0v) is 11.4. The average molecular weight is 280 g/mol. The van der Waals surface area contributed by atoms with Crippen LogP contribution in [0, 0.1) is 0 Å². The van der Waals surface area contributed by atoms with Gasteiger partial charge in [-0.25, -0.2) is 4.79 Å². The van der Waals surface area contributed by atoms with Crippen molar-refractivity contribution in [3.05, 3.63) is 41.2 Å². The fraction of sp³-hybridized carbons (Fsp3) is 0.231. The van der Waals surface area contributed by atoms with E-state index in [4.69, 9.17) is 22.1 Å². The minimum absolute atomic E-state index is 0.0132. The van der Waals surface area contributed by atoms with Gasteiger partial charge in [0, 0.05) is 11.1 Å². The third kappa shape index (κ3) is 2.88. The molecule has 0 radical (unpaired) electrons. The number of nitrogens with two attached hydrogens (primary N) is 1. The van der Waals surface area contributed by atoms with Gasteiger partial charge in [-0.3, -0.25) is 4.68 Å². The summed E-state index contributed by atoms with van der Waals surface area (Å²) in [5, 5.41) is 4.56. The molecular formula is C13H14ClN3O2. The second kappa shape index (κ2) is 5.32. The SMILES string of the molecule is CC(C)n1ncc(N)c1C(=O)Oc1cccc(Cl)c1. The number of carbonyl (C=O) groups excluding carboxylic acids is 1. The summed E-state index contributed by atoms with van der Waals surface area (Å²) in [6.07, 6.45) is 1.44. The summed E-state index contributed by atoms with van der Waals surface area (Å²) in [6, 6.07) is 6.63. The Morgan fingerprint density at radius 2 is 2.21 bits per heavy atom. The Morgan fingerprint density at radius 3 is 2.84 bits per heavy atom. The second-order valence-electron chi connectivity index (χ2n) is 4.33. The smallest absolute Gasteiger partial charge is 0.364 e. The van der Waals surface area contributed by atoms with Crippen LogP contribution >= 0.6 is 11.6 Å². The number of aromatic nitrogens is 2. The first-order chi connectivity index (χ1) is 8.99. The van der Waals surface area contributed by atoms with E-state index >= 15 is 0 Å². The molecule has 0 aliphatic heterocycles. The van der Waals surface area contributed by atoms with Crippen LogP contribution in [0.25, 0.3) is 0 Å². The number of ether oxygens (including phenoxy) is 1. The van der Waals surface area contributed by atoms with E-state index in [0.29, 0.717) is 16.5 Å². The first-order valence-electron chi connectivity index (χ1n) is 5.79. The summed E-state index contributed by atoms with van der Waals surface area (Å²) >= 11 is 5.83. The number of benzene rings is 1. The van der Waals surface area contributed by atoms with Crippen molar-refractivity contribution < 1.29 is 9.53 Å². The fourth-order valence-electron chi connectivity index (χ4n) is 1.66. The first-order valence-corrected chi connectivity index (χ1v) is 6.17. The molecule has 6 heteroatoms. The third-order valence-corrected chi connectivity index (χ3v) is 2.75. The summed E-state index contributed by atoms with van der Waals surface area (Å²) in [5.74, 6) is -0.181. The van der Waals surface area contributed by atoms with Crippen molar-refractivity contribution in [2.24, 2.45) is 0 Å². The molecule has 2 rings (SSSR count). The van der Waals surface area contributed by atoms with E-state index in [1.54, 1.807) is 24.3 Å². The standard InChI is InChI=1S/C13H14ClN3O2/c1-8(2)17-12(11(15)7-16-17)13(18)19-10-5-3-4-9(14)6-10/h3-8H,15H2,1-2H3. The lowest BCUT2D eigenvalue weighted by atomic mass is 10.3. The summed E-state index contributed by atoms with van der Waals surface area (Å²) in [7, 11) is 0. The zero-order valence-electron chi connectivity index (χ0n) is 10.6. The number of nitrogen functional groups attached to an aromatic ring is 1. The van der Waals surface area contributed by atoms with Gasteiger partial charge in [0.05, 0.1) is 11.9 Å². The monoisotopic (exact) mass is 279 g/mol. The molecule has 0 aliphatic carbocycles. The molecule has 1 aromatic carbocycles. The normalized spacial score (nSPS) is 10.7. The lowest BCUT2D eigenvalue weighted by molar-refractivity contribution is 0.0721. The van der Waals surface area contributed by atoms with Crippen LogP contribution in [0.4, 0.5) is 5.69 Å². The maximum Gasteiger partial charge on any atom is 0.364 e. The van der Waals surface area contributed by atoms with E-state index in [0.717, 1.165) is 0 Å². The van der Waals surface area contributed by atoms with Crippen molar-refractivity contribution in [1.29, 1.82) is 0 Å². The lowest BCUT2D eigenvalue weighted by Crippen LogP contribution is -2.18. The number of anilines is 1. The van der Waals surface area contributed by atoms with Crippen LogP contribution in [-0.2, 0) is 0 Å². The molecule has 5 nitrogen and oxygen atoms in total. The topological polar surface area (TPSA) is 70.1 Å². The van der Waals surface area contributed by atoms with Gasteiger partial charge in [0.25, 0.3) is 0 Å². The van der Waals surface area contributed by atoms with Crippen LogP contribution in [-0.4, -0.2) is 15.7 Å². The molecule has 0 aliphatic rings. The Labute approximate surface area is 115 Å². The van der Waals surface area contributed by atoms with Crippen molar-refractivity contribution in [2.45, 2.75) is 19.9 Å². The molecule has 2 N–H and O–H groups in total. The van der Waals surface area contributed by atoms with E-state index in [1.165, 1.54) is 10.9 Å². The molecular weight excluding hydrogens is 266 g/mol. The van der Waals surface area contributed by atoms with Gasteiger partial charge in [-0.15, -0.1) is 0 Å². The van der Waals surface area contributed by atoms with Gasteiger partial charge < -0.3 is 10.5 Å². The summed E-state index contributed by atoms with van der Waals surface area (Å²) in [5.41, 5.74) is 6.29. The highest BCUT2D eigenvalue weighted by Gasteiger charge is 2.20. The van der Waals surface area contributed by atoms with Crippen LogP contribution < -0.4 is 10.5 Å². The number of hydrogen-bond donors (Lipinski definition) is 1. The van der Waals surface area contributed by atoms with Crippen LogP contribution in [0.1, 0.15) is 30.4 Å². The number of nitrogens with zero attached hydrogens (tertiary/aromatic N) is 2. The summed E-state index contributed by atoms with van der Waals surface area (Å²) in [6.45, 7) is 3.81. The highest BCUT2D eigenvalue weighted by molar-refractivity contribution is 6.30. The molecule has 0 unspecified atom stereocenters. The first kappa shape index (κ1) is 13.4. The maximum atomic E-state index is 12.1. The van der Waals surface area contributed by atoms with Crippen LogP contribution in [0.15, 0.2) is 30.5 Å². The van der Waals surface area contributed by atoms with Gasteiger partial charge in [0.2, 0.25) is 0 Å². The highest BCUT2D eigenvalue weighted by Crippen LogP contribution is 2.21. The summed E-state index contributed by atoms with van der Waals surface area (Å²) in [4.78, 5) is 12.1. The van der Waals surface area contributed by atoms with Crippen molar-refractivity contribution in [1.82, 2.24) is 9.78 Å². The molecule has 0 fully saturated rings. The lowest BCUT2D eigenvalue weighted by Gasteiger charge is -2.11. The quantitative estimate of drug-likeness (QED) is 0.693. The van der Waals surface area contributed by atoms with Crippen LogP contribution in [0.5, 0.6) is 5.75 Å². The van der Waals surface area contributed by atoms with E-state index < -0.39 is 5.97 Å². The molecule has 1 heterocycles. The van der Waals surface area contributed by atoms with Crippen LogP contribution in [0.2, 0.25) is 5.02 Å². The van der Waals surface area contributed by atoms with E-state index in [2.05, 4.69) is 5.10 Å². The van der Waals surface area contributed by atoms with E-state index in [1.807, 2.05) is 13.8 Å². The van der Waals surface area contributed by atoms with E-state index in [9.17, 15) is 4.79 Å². The molecule has 0 bridgehead atoms. The molecule has 0 amide bonds. The maximum absolute atomic E-state index is 12.1. The van der Waals surface area contributed by atoms with Gasteiger partial charge in [0.1, 0.15) is 5.75 Å². The van der Waals surface area contributed by atoms with Crippen molar-refractivity contribution >= 4 is 23.3 Å². The van der Waals surface area contributed by atoms with Gasteiger partial charge in [0.15, 0.2) is 5.69 Å². The number of esters is 1. The van der Waals surface area contributed by atoms with Gasteiger partial charge in [-0.1, -0.05) is 17.7 Å². The Balaban J connectivity index is 2.28. The average Bonchev–Trinajstić information content (AvgIpc) is 2.71. The van der Waals surface area contributed by atoms with Gasteiger partial charge in [-0.05, 0) is 32.0 Å². The van der Waals surface area contributed by atoms with Crippen LogP contribution in [0.3, 0.4) is 0 Å². The summed E-state index contributed by atoms with van der Waals surface area (Å²) < 4.78 is 6.78.